The van der Waals surface area contributed by atoms with Crippen LogP contribution in [-0.4, -0.2) is 0 Å². The Kier molecular flexibility index (Phi) is 9.65. The molecule has 0 heterocycles. The minimum atomic E-state index is -0.835. The van der Waals surface area contributed by atoms with Crippen molar-refractivity contribution in [3.8, 4) is 11.8 Å². The topological polar surface area (TPSA) is 0 Å². The molecule has 0 nitrogen and oxygen atoms in total. The van der Waals surface area contributed by atoms with Crippen LogP contribution in [-0.2, 0) is 19.3 Å². The van der Waals surface area contributed by atoms with Crippen LogP contribution >= 0.6 is 0 Å². The summed E-state index contributed by atoms with van der Waals surface area (Å²) in [4.78, 5) is 0. The van der Waals surface area contributed by atoms with Gasteiger partial charge in [-0.2, -0.15) is 0 Å². The van der Waals surface area contributed by atoms with Crippen LogP contribution in [0.4, 0.5) is 8.78 Å². The van der Waals surface area contributed by atoms with Gasteiger partial charge in [0.15, 0.2) is 11.7 Å². The van der Waals surface area contributed by atoms with Crippen molar-refractivity contribution in [1.29, 1.82) is 0 Å². The predicted molar refractivity (Wildman–Crippen MR) is 141 cm³/mol. The zero-order valence-electron chi connectivity index (χ0n) is 20.6. The third kappa shape index (κ3) is 6.91. The molecule has 0 aliphatic heterocycles. The molecule has 0 aliphatic rings. The fourth-order valence-electron chi connectivity index (χ4n) is 3.87. The summed E-state index contributed by atoms with van der Waals surface area (Å²) in [6.07, 6.45) is 7.30. The number of rotatable bonds is 9. The lowest BCUT2D eigenvalue weighted by Crippen LogP contribution is -1.92. The Balaban J connectivity index is 1.80. The molecule has 0 N–H and O–H groups in total. The summed E-state index contributed by atoms with van der Waals surface area (Å²) in [5, 5.41) is 0. The molecule has 0 amide bonds. The lowest BCUT2D eigenvalue weighted by Gasteiger charge is -2.07. The summed E-state index contributed by atoms with van der Waals surface area (Å²) in [7, 11) is 0. The third-order valence-electron chi connectivity index (χ3n) is 6.07. The standard InChI is InChI=1S/C32H34F2/c1-4-7-9-24-11-13-26(14-12-24)15-18-28-21-22-30(23-27(28)6-3)32(34)31(33)29-19-16-25(17-20-29)10-8-5-2/h11-14,16-17,19-23H,4-10H2,1-3H3/b32-31+. The number of halogens is 2. The van der Waals surface area contributed by atoms with Gasteiger partial charge < -0.3 is 0 Å². The van der Waals surface area contributed by atoms with E-state index in [2.05, 4.69) is 37.8 Å². The highest BCUT2D eigenvalue weighted by Gasteiger charge is 2.13. The van der Waals surface area contributed by atoms with E-state index in [0.717, 1.165) is 47.9 Å². The maximum atomic E-state index is 15.0. The van der Waals surface area contributed by atoms with Gasteiger partial charge in [0.1, 0.15) is 0 Å². The van der Waals surface area contributed by atoms with E-state index in [1.807, 2.05) is 31.2 Å². The largest absolute Gasteiger partial charge is 0.203 e. The molecule has 0 unspecified atom stereocenters. The minimum Gasteiger partial charge on any atom is -0.203 e. The molecule has 0 aliphatic carbocycles. The van der Waals surface area contributed by atoms with E-state index < -0.39 is 11.7 Å². The second-order valence-corrected chi connectivity index (χ2v) is 8.70. The van der Waals surface area contributed by atoms with E-state index >= 15 is 4.39 Å². The maximum Gasteiger partial charge on any atom is 0.166 e. The van der Waals surface area contributed by atoms with Gasteiger partial charge in [-0.3, -0.25) is 0 Å². The van der Waals surface area contributed by atoms with Gasteiger partial charge in [-0.15, -0.1) is 0 Å². The van der Waals surface area contributed by atoms with Gasteiger partial charge in [-0.1, -0.05) is 87.9 Å². The van der Waals surface area contributed by atoms with Crippen molar-refractivity contribution in [3.05, 3.63) is 106 Å². The Morgan fingerprint density at radius 3 is 1.74 bits per heavy atom. The summed E-state index contributed by atoms with van der Waals surface area (Å²) < 4.78 is 29.9. The molecule has 0 aromatic heterocycles. The first kappa shape index (κ1) is 25.4. The molecule has 0 radical (unpaired) electrons. The van der Waals surface area contributed by atoms with Crippen molar-refractivity contribution in [2.75, 3.05) is 0 Å². The Morgan fingerprint density at radius 1 is 0.647 bits per heavy atom. The second kappa shape index (κ2) is 12.9. The van der Waals surface area contributed by atoms with E-state index in [-0.39, 0.29) is 11.1 Å². The molecule has 0 spiro atoms. The molecule has 176 valence electrons. The SMILES string of the molecule is CCCCc1ccc(C#Cc2ccc(/C(F)=C(\F)c3ccc(CCCC)cc3)cc2CC)cc1. The first-order valence-electron chi connectivity index (χ1n) is 12.4. The third-order valence-corrected chi connectivity index (χ3v) is 6.07. The molecule has 3 rings (SSSR count). The maximum absolute atomic E-state index is 15.0. The number of hydrogen-bond donors (Lipinski definition) is 0. The molecule has 0 saturated heterocycles. The Bertz CT molecular complexity index is 1160. The monoisotopic (exact) mass is 456 g/mol. The Hall–Kier alpha value is -3.18. The van der Waals surface area contributed by atoms with Gasteiger partial charge in [0, 0.05) is 22.3 Å². The number of benzene rings is 3. The van der Waals surface area contributed by atoms with Crippen molar-refractivity contribution in [2.45, 2.75) is 65.7 Å². The van der Waals surface area contributed by atoms with Gasteiger partial charge in [0.05, 0.1) is 0 Å². The summed E-state index contributed by atoms with van der Waals surface area (Å²) >= 11 is 0. The summed E-state index contributed by atoms with van der Waals surface area (Å²) in [6.45, 7) is 6.33. The van der Waals surface area contributed by atoms with Gasteiger partial charge >= 0.3 is 0 Å². The first-order chi connectivity index (χ1) is 16.5. The molecule has 3 aromatic carbocycles. The fraction of sp³-hybridized carbons (Fsp3) is 0.312. The number of unbranched alkanes of at least 4 members (excludes halogenated alkanes) is 2. The van der Waals surface area contributed by atoms with Crippen molar-refractivity contribution in [2.24, 2.45) is 0 Å². The summed E-state index contributed by atoms with van der Waals surface area (Å²) in [5.74, 6) is 4.75. The normalized spacial score (nSPS) is 11.6. The van der Waals surface area contributed by atoms with Crippen molar-refractivity contribution in [1.82, 2.24) is 0 Å². The summed E-state index contributed by atoms with van der Waals surface area (Å²) in [6, 6.07) is 20.5. The van der Waals surface area contributed by atoms with Crippen LogP contribution < -0.4 is 0 Å². The van der Waals surface area contributed by atoms with E-state index in [9.17, 15) is 4.39 Å². The van der Waals surface area contributed by atoms with Crippen LogP contribution in [0.3, 0.4) is 0 Å². The van der Waals surface area contributed by atoms with Crippen LogP contribution in [0.2, 0.25) is 0 Å². The van der Waals surface area contributed by atoms with Crippen LogP contribution in [0.1, 0.15) is 85.4 Å². The molecule has 34 heavy (non-hydrogen) atoms. The molecule has 0 fully saturated rings. The lowest BCUT2D eigenvalue weighted by molar-refractivity contribution is 0.700. The average Bonchev–Trinajstić information content (AvgIpc) is 2.89. The van der Waals surface area contributed by atoms with Crippen LogP contribution in [0.5, 0.6) is 0 Å². The van der Waals surface area contributed by atoms with Crippen molar-refractivity contribution < 1.29 is 8.78 Å². The Labute approximate surface area is 203 Å². The van der Waals surface area contributed by atoms with Crippen molar-refractivity contribution >= 4 is 11.7 Å². The summed E-state index contributed by atoms with van der Waals surface area (Å²) in [5.41, 5.74) is 5.68. The Morgan fingerprint density at radius 2 is 1.18 bits per heavy atom. The van der Waals surface area contributed by atoms with Gasteiger partial charge in [0.25, 0.3) is 0 Å². The highest BCUT2D eigenvalue weighted by molar-refractivity contribution is 5.83. The predicted octanol–water partition coefficient (Wildman–Crippen LogP) is 9.10. The van der Waals surface area contributed by atoms with Gasteiger partial charge in [-0.05, 0) is 73.1 Å². The number of hydrogen-bond acceptors (Lipinski definition) is 0. The molecular formula is C32H34F2. The fourth-order valence-corrected chi connectivity index (χ4v) is 3.87. The smallest absolute Gasteiger partial charge is 0.166 e. The zero-order chi connectivity index (χ0) is 24.3. The molecular weight excluding hydrogens is 422 g/mol. The van der Waals surface area contributed by atoms with Crippen LogP contribution in [0, 0.1) is 11.8 Å². The van der Waals surface area contributed by atoms with Crippen LogP contribution in [0.25, 0.3) is 11.7 Å². The van der Waals surface area contributed by atoms with E-state index in [1.54, 1.807) is 30.3 Å². The molecule has 2 heteroatoms. The van der Waals surface area contributed by atoms with Gasteiger partial charge in [-0.25, -0.2) is 8.78 Å². The molecule has 0 atom stereocenters. The molecule has 0 saturated carbocycles. The van der Waals surface area contributed by atoms with E-state index in [4.69, 9.17) is 0 Å². The van der Waals surface area contributed by atoms with E-state index in [0.29, 0.717) is 6.42 Å². The van der Waals surface area contributed by atoms with Crippen LogP contribution in [0.15, 0.2) is 66.7 Å². The average molecular weight is 457 g/mol. The number of aryl methyl sites for hydroxylation is 3. The minimum absolute atomic E-state index is 0.246. The quantitative estimate of drug-likeness (QED) is 0.222. The first-order valence-corrected chi connectivity index (χ1v) is 12.4. The van der Waals surface area contributed by atoms with E-state index in [1.165, 1.54) is 18.4 Å². The second-order valence-electron chi connectivity index (χ2n) is 8.70. The van der Waals surface area contributed by atoms with Gasteiger partial charge in [0.2, 0.25) is 0 Å². The highest BCUT2D eigenvalue weighted by Crippen LogP contribution is 2.30. The molecule has 0 bridgehead atoms. The van der Waals surface area contributed by atoms with Crippen molar-refractivity contribution in [3.63, 3.8) is 0 Å². The highest BCUT2D eigenvalue weighted by atomic mass is 19.2. The zero-order valence-corrected chi connectivity index (χ0v) is 20.6. The molecule has 3 aromatic rings. The lowest BCUT2D eigenvalue weighted by atomic mass is 9.99.